The van der Waals surface area contributed by atoms with Gasteiger partial charge in [-0.3, -0.25) is 14.4 Å². The standard InChI is InChI=1S/C26H25N3O4/c1-18-15-24(30)28-21-12-6-7-13-22(21)29(18)25(31)17-33-23-14-8-5-11-20(23)26(32)27-16-19-9-3-2-4-10-19/h2-14,18H,15-17H2,1H3,(H,27,32)(H,28,30)/t18-/m0/s1. The molecule has 0 saturated carbocycles. The fourth-order valence-corrected chi connectivity index (χ4v) is 3.83. The van der Waals surface area contributed by atoms with E-state index in [0.29, 0.717) is 29.2 Å². The summed E-state index contributed by atoms with van der Waals surface area (Å²) in [5.74, 6) is -0.413. The van der Waals surface area contributed by atoms with Crippen LogP contribution in [0.2, 0.25) is 0 Å². The van der Waals surface area contributed by atoms with Crippen molar-refractivity contribution < 1.29 is 19.1 Å². The van der Waals surface area contributed by atoms with E-state index < -0.39 is 0 Å². The summed E-state index contributed by atoms with van der Waals surface area (Å²) in [4.78, 5) is 39.6. The summed E-state index contributed by atoms with van der Waals surface area (Å²) in [6, 6.07) is 23.3. The SMILES string of the molecule is C[C@H]1CC(=O)Nc2ccccc2N1C(=O)COc1ccccc1C(=O)NCc1ccccc1. The Morgan fingerprint density at radius 3 is 2.52 bits per heavy atom. The smallest absolute Gasteiger partial charge is 0.265 e. The van der Waals surface area contributed by atoms with Crippen LogP contribution >= 0.6 is 0 Å². The largest absolute Gasteiger partial charge is 0.483 e. The molecule has 0 spiro atoms. The number of amides is 3. The number of para-hydroxylation sites is 3. The maximum Gasteiger partial charge on any atom is 0.265 e. The van der Waals surface area contributed by atoms with Gasteiger partial charge in [-0.25, -0.2) is 0 Å². The monoisotopic (exact) mass is 443 g/mol. The van der Waals surface area contributed by atoms with E-state index in [9.17, 15) is 14.4 Å². The van der Waals surface area contributed by atoms with Crippen molar-refractivity contribution >= 4 is 29.1 Å². The number of carbonyl (C=O) groups is 3. The Labute approximate surface area is 192 Å². The lowest BCUT2D eigenvalue weighted by Gasteiger charge is -2.27. The molecular formula is C26H25N3O4. The molecule has 0 fully saturated rings. The third-order valence-electron chi connectivity index (χ3n) is 5.41. The van der Waals surface area contributed by atoms with Crippen molar-refractivity contribution in [2.45, 2.75) is 25.9 Å². The third kappa shape index (κ3) is 5.20. The minimum absolute atomic E-state index is 0.147. The highest BCUT2D eigenvalue weighted by molar-refractivity contribution is 6.05. The van der Waals surface area contributed by atoms with Gasteiger partial charge in [0.2, 0.25) is 5.91 Å². The molecule has 3 aromatic carbocycles. The van der Waals surface area contributed by atoms with E-state index in [1.165, 1.54) is 0 Å². The number of benzene rings is 3. The van der Waals surface area contributed by atoms with Gasteiger partial charge in [-0.2, -0.15) is 0 Å². The van der Waals surface area contributed by atoms with Gasteiger partial charge in [0.1, 0.15) is 5.75 Å². The van der Waals surface area contributed by atoms with Crippen molar-refractivity contribution in [1.29, 1.82) is 0 Å². The second-order valence-corrected chi connectivity index (χ2v) is 7.84. The molecule has 0 aromatic heterocycles. The van der Waals surface area contributed by atoms with Gasteiger partial charge in [0, 0.05) is 19.0 Å². The zero-order valence-electron chi connectivity index (χ0n) is 18.3. The van der Waals surface area contributed by atoms with E-state index in [0.717, 1.165) is 5.56 Å². The minimum atomic E-state index is -0.339. The lowest BCUT2D eigenvalue weighted by atomic mass is 10.1. The quantitative estimate of drug-likeness (QED) is 0.607. The maximum absolute atomic E-state index is 13.2. The van der Waals surface area contributed by atoms with Crippen molar-refractivity contribution in [2.24, 2.45) is 0 Å². The Bertz CT molecular complexity index is 1160. The van der Waals surface area contributed by atoms with Crippen LogP contribution in [0.5, 0.6) is 5.75 Å². The van der Waals surface area contributed by atoms with Gasteiger partial charge in [0.25, 0.3) is 11.8 Å². The zero-order valence-corrected chi connectivity index (χ0v) is 18.3. The molecule has 1 aliphatic rings. The van der Waals surface area contributed by atoms with Gasteiger partial charge in [-0.1, -0.05) is 54.6 Å². The molecule has 1 aliphatic heterocycles. The van der Waals surface area contributed by atoms with Gasteiger partial charge in [-0.05, 0) is 36.8 Å². The van der Waals surface area contributed by atoms with E-state index in [2.05, 4.69) is 10.6 Å². The molecule has 7 heteroatoms. The second kappa shape index (κ2) is 9.99. The number of fused-ring (bicyclic) bond motifs is 1. The molecule has 3 amide bonds. The van der Waals surface area contributed by atoms with Crippen LogP contribution in [-0.4, -0.2) is 30.4 Å². The van der Waals surface area contributed by atoms with Gasteiger partial charge in [-0.15, -0.1) is 0 Å². The van der Waals surface area contributed by atoms with Crippen molar-refractivity contribution in [1.82, 2.24) is 5.32 Å². The summed E-state index contributed by atoms with van der Waals surface area (Å²) >= 11 is 0. The predicted octanol–water partition coefficient (Wildman–Crippen LogP) is 3.76. The summed E-state index contributed by atoms with van der Waals surface area (Å²) in [7, 11) is 0. The summed E-state index contributed by atoms with van der Waals surface area (Å²) in [6.07, 6.45) is 0.179. The number of anilines is 2. The van der Waals surface area contributed by atoms with E-state index in [-0.39, 0.29) is 36.8 Å². The van der Waals surface area contributed by atoms with Crippen molar-refractivity contribution in [3.8, 4) is 5.75 Å². The van der Waals surface area contributed by atoms with E-state index in [1.54, 1.807) is 47.4 Å². The number of rotatable bonds is 6. The van der Waals surface area contributed by atoms with Crippen LogP contribution in [0.3, 0.4) is 0 Å². The third-order valence-corrected chi connectivity index (χ3v) is 5.41. The number of ether oxygens (including phenoxy) is 1. The number of nitrogens with zero attached hydrogens (tertiary/aromatic N) is 1. The second-order valence-electron chi connectivity index (χ2n) is 7.84. The predicted molar refractivity (Wildman–Crippen MR) is 126 cm³/mol. The molecule has 1 atom stereocenters. The normalized spacial score (nSPS) is 15.1. The lowest BCUT2D eigenvalue weighted by molar-refractivity contribution is -0.121. The lowest BCUT2D eigenvalue weighted by Crippen LogP contribution is -2.41. The first-order valence-corrected chi connectivity index (χ1v) is 10.8. The van der Waals surface area contributed by atoms with Crippen LogP contribution in [0.1, 0.15) is 29.3 Å². The Kier molecular flexibility index (Phi) is 6.69. The van der Waals surface area contributed by atoms with E-state index in [4.69, 9.17) is 4.74 Å². The molecule has 0 unspecified atom stereocenters. The average Bonchev–Trinajstić information content (AvgIpc) is 2.96. The molecule has 168 valence electrons. The Morgan fingerprint density at radius 1 is 1.00 bits per heavy atom. The van der Waals surface area contributed by atoms with Gasteiger partial charge >= 0.3 is 0 Å². The highest BCUT2D eigenvalue weighted by atomic mass is 16.5. The summed E-state index contributed by atoms with van der Waals surface area (Å²) in [5.41, 5.74) is 2.54. The molecule has 0 radical (unpaired) electrons. The summed E-state index contributed by atoms with van der Waals surface area (Å²) in [6.45, 7) is 1.94. The first kappa shape index (κ1) is 22.1. The molecule has 7 nitrogen and oxygen atoms in total. The van der Waals surface area contributed by atoms with Crippen LogP contribution in [-0.2, 0) is 16.1 Å². The Balaban J connectivity index is 1.47. The van der Waals surface area contributed by atoms with Gasteiger partial charge in [0.05, 0.1) is 16.9 Å². The van der Waals surface area contributed by atoms with Crippen molar-refractivity contribution in [2.75, 3.05) is 16.8 Å². The number of carbonyl (C=O) groups excluding carboxylic acids is 3. The fourth-order valence-electron chi connectivity index (χ4n) is 3.83. The summed E-state index contributed by atoms with van der Waals surface area (Å²) in [5, 5.41) is 5.72. The zero-order chi connectivity index (χ0) is 23.2. The first-order valence-electron chi connectivity index (χ1n) is 10.8. The number of hydrogen-bond donors (Lipinski definition) is 2. The fraction of sp³-hybridized carbons (Fsp3) is 0.192. The Morgan fingerprint density at radius 2 is 1.70 bits per heavy atom. The number of nitrogens with one attached hydrogen (secondary N) is 2. The first-order chi connectivity index (χ1) is 16.0. The Hall–Kier alpha value is -4.13. The molecule has 4 rings (SSSR count). The topological polar surface area (TPSA) is 87.7 Å². The molecule has 3 aromatic rings. The maximum atomic E-state index is 13.2. The van der Waals surface area contributed by atoms with Gasteiger partial charge in [0.15, 0.2) is 6.61 Å². The van der Waals surface area contributed by atoms with Crippen LogP contribution in [0.4, 0.5) is 11.4 Å². The molecule has 0 aliphatic carbocycles. The average molecular weight is 444 g/mol. The highest BCUT2D eigenvalue weighted by Crippen LogP contribution is 2.31. The van der Waals surface area contributed by atoms with Crippen LogP contribution in [0.15, 0.2) is 78.9 Å². The number of hydrogen-bond acceptors (Lipinski definition) is 4. The van der Waals surface area contributed by atoms with Crippen molar-refractivity contribution in [3.05, 3.63) is 90.0 Å². The van der Waals surface area contributed by atoms with Crippen LogP contribution in [0.25, 0.3) is 0 Å². The van der Waals surface area contributed by atoms with E-state index >= 15 is 0 Å². The molecule has 1 heterocycles. The molecule has 0 saturated heterocycles. The van der Waals surface area contributed by atoms with Crippen LogP contribution < -0.4 is 20.3 Å². The molecule has 0 bridgehead atoms. The van der Waals surface area contributed by atoms with Gasteiger partial charge < -0.3 is 20.3 Å². The van der Waals surface area contributed by atoms with E-state index in [1.807, 2.05) is 43.3 Å². The highest BCUT2D eigenvalue weighted by Gasteiger charge is 2.30. The molecule has 33 heavy (non-hydrogen) atoms. The van der Waals surface area contributed by atoms with Crippen LogP contribution in [0, 0.1) is 0 Å². The molecule has 2 N–H and O–H groups in total. The molecular weight excluding hydrogens is 418 g/mol. The minimum Gasteiger partial charge on any atom is -0.483 e. The van der Waals surface area contributed by atoms with Crippen molar-refractivity contribution in [3.63, 3.8) is 0 Å². The summed E-state index contributed by atoms with van der Waals surface area (Å²) < 4.78 is 5.80.